The van der Waals surface area contributed by atoms with Gasteiger partial charge in [0, 0.05) is 17.7 Å². The average molecular weight is 546 g/mol. The molecule has 2 aromatic heterocycles. The summed E-state index contributed by atoms with van der Waals surface area (Å²) >= 11 is 3.56. The van der Waals surface area contributed by atoms with E-state index in [4.69, 9.17) is 10.6 Å². The maximum absolute atomic E-state index is 13.0. The van der Waals surface area contributed by atoms with Crippen LogP contribution in [0.3, 0.4) is 0 Å². The largest absolute Gasteiger partial charge is 0.477 e. The van der Waals surface area contributed by atoms with Gasteiger partial charge in [-0.05, 0) is 29.7 Å². The second-order valence-electron chi connectivity index (χ2n) is 7.09. The lowest BCUT2D eigenvalue weighted by Crippen LogP contribution is -2.71. The van der Waals surface area contributed by atoms with Crippen molar-refractivity contribution < 1.29 is 24.3 Å². The zero-order valence-electron chi connectivity index (χ0n) is 18.4. The number of aromatic nitrogens is 3. The molecule has 0 saturated carbocycles. The van der Waals surface area contributed by atoms with E-state index in [1.807, 2.05) is 12.1 Å². The van der Waals surface area contributed by atoms with Gasteiger partial charge in [0.2, 0.25) is 11.5 Å². The summed E-state index contributed by atoms with van der Waals surface area (Å²) in [5, 5.41) is 17.3. The Balaban J connectivity index is 1.49. The molecule has 0 spiro atoms. The molecule has 4 heterocycles. The zero-order valence-corrected chi connectivity index (χ0v) is 20.8. The number of aliphatic carboxylic acids is 1. The summed E-state index contributed by atoms with van der Waals surface area (Å²) in [4.78, 5) is 52.0. The first-order valence-corrected chi connectivity index (χ1v) is 12.9. The molecule has 3 atom stereocenters. The molecule has 2 amide bonds. The molecule has 12 nitrogen and oxygen atoms in total. The third-order valence-corrected chi connectivity index (χ3v) is 7.80. The van der Waals surface area contributed by atoms with Crippen molar-refractivity contribution in [2.75, 3.05) is 12.3 Å². The summed E-state index contributed by atoms with van der Waals surface area (Å²) in [7, 11) is 0. The number of pyridine rings is 1. The minimum absolute atomic E-state index is 0.0305. The number of thioether (sulfide) groups is 2. The van der Waals surface area contributed by atoms with Crippen molar-refractivity contribution in [1.29, 1.82) is 0 Å². The maximum Gasteiger partial charge on any atom is 0.352 e. The van der Waals surface area contributed by atoms with E-state index < -0.39 is 29.2 Å². The maximum atomic E-state index is 13.0. The molecule has 1 fully saturated rings. The summed E-state index contributed by atoms with van der Waals surface area (Å²) in [6.07, 6.45) is 6.41. The van der Waals surface area contributed by atoms with E-state index in [0.717, 1.165) is 22.1 Å². The molecule has 0 aliphatic carbocycles. The summed E-state index contributed by atoms with van der Waals surface area (Å²) in [6, 6.07) is 4.51. The highest BCUT2D eigenvalue weighted by Crippen LogP contribution is 2.44. The van der Waals surface area contributed by atoms with Crippen LogP contribution in [0.4, 0.5) is 5.13 Å². The smallest absolute Gasteiger partial charge is 0.352 e. The lowest BCUT2D eigenvalue weighted by Gasteiger charge is -2.49. The first kappa shape index (κ1) is 25.4. The van der Waals surface area contributed by atoms with E-state index in [0.29, 0.717) is 0 Å². The van der Waals surface area contributed by atoms with E-state index >= 15 is 0 Å². The Hall–Kier alpha value is -3.69. The Morgan fingerprint density at radius 3 is 2.92 bits per heavy atom. The van der Waals surface area contributed by atoms with Crippen molar-refractivity contribution >= 4 is 69.8 Å². The topological polar surface area (TPSA) is 173 Å². The van der Waals surface area contributed by atoms with Gasteiger partial charge in [-0.1, -0.05) is 23.9 Å². The van der Waals surface area contributed by atoms with Crippen LogP contribution in [0.15, 0.2) is 59.4 Å². The van der Waals surface area contributed by atoms with E-state index in [9.17, 15) is 19.5 Å². The van der Waals surface area contributed by atoms with Gasteiger partial charge in [-0.15, -0.1) is 23.5 Å². The number of hydrogen-bond donors (Lipinski definition) is 3. The first-order valence-electron chi connectivity index (χ1n) is 10.3. The number of nitrogens with zero attached hydrogens (tertiary/aromatic N) is 5. The molecule has 186 valence electrons. The minimum Gasteiger partial charge on any atom is -0.477 e. The molecular weight excluding hydrogens is 526 g/mol. The molecule has 2 unspecified atom stereocenters. The fourth-order valence-electron chi connectivity index (χ4n) is 3.16. The molecule has 0 aromatic carbocycles. The fourth-order valence-corrected chi connectivity index (χ4v) is 6.13. The molecule has 4 rings (SSSR count). The summed E-state index contributed by atoms with van der Waals surface area (Å²) in [5.41, 5.74) is 5.96. The summed E-state index contributed by atoms with van der Waals surface area (Å²) in [6.45, 7) is 3.54. The van der Waals surface area contributed by atoms with Gasteiger partial charge in [-0.3, -0.25) is 19.5 Å². The van der Waals surface area contributed by atoms with E-state index in [1.165, 1.54) is 35.7 Å². The van der Waals surface area contributed by atoms with Crippen LogP contribution in [-0.2, 0) is 19.2 Å². The molecular formula is C21H19N7O5S3. The predicted molar refractivity (Wildman–Crippen MR) is 138 cm³/mol. The van der Waals surface area contributed by atoms with E-state index in [1.54, 1.807) is 23.7 Å². The molecule has 1 saturated heterocycles. The Bertz CT molecular complexity index is 1260. The van der Waals surface area contributed by atoms with Crippen molar-refractivity contribution in [1.82, 2.24) is 24.6 Å². The van der Waals surface area contributed by atoms with Crippen molar-refractivity contribution in [2.45, 2.75) is 16.0 Å². The molecule has 2 aromatic rings. The first-order chi connectivity index (χ1) is 17.4. The number of nitrogens with one attached hydrogen (secondary N) is 1. The van der Waals surface area contributed by atoms with Crippen LogP contribution in [-0.4, -0.2) is 70.4 Å². The van der Waals surface area contributed by atoms with E-state index in [-0.39, 0.29) is 33.6 Å². The number of hydrogen-bond acceptors (Lipinski definition) is 12. The van der Waals surface area contributed by atoms with Crippen LogP contribution in [0.25, 0.3) is 6.08 Å². The van der Waals surface area contributed by atoms with Crippen molar-refractivity contribution in [3.8, 4) is 0 Å². The third kappa shape index (κ3) is 5.58. The van der Waals surface area contributed by atoms with Gasteiger partial charge in [0.15, 0.2) is 5.13 Å². The van der Waals surface area contributed by atoms with Crippen LogP contribution >= 0.6 is 35.1 Å². The van der Waals surface area contributed by atoms with Crippen molar-refractivity contribution in [2.24, 2.45) is 5.16 Å². The highest BCUT2D eigenvalue weighted by Gasteiger charge is 2.54. The zero-order chi connectivity index (χ0) is 25.7. The number of β-lactam (4-membered cyclic amide) rings is 1. The number of carboxylic acids is 1. The second-order valence-corrected chi connectivity index (χ2v) is 10.5. The number of amides is 2. The summed E-state index contributed by atoms with van der Waals surface area (Å²) < 4.78 is 3.65. The molecule has 0 radical (unpaired) electrons. The predicted octanol–water partition coefficient (Wildman–Crippen LogP) is 1.52. The van der Waals surface area contributed by atoms with Gasteiger partial charge >= 0.3 is 5.97 Å². The lowest BCUT2D eigenvalue weighted by atomic mass is 10.0. The highest BCUT2D eigenvalue weighted by atomic mass is 32.2. The number of anilines is 1. The Labute approximate surface area is 217 Å². The normalized spacial score (nSPS) is 21.4. The highest BCUT2D eigenvalue weighted by molar-refractivity contribution is 8.19. The lowest BCUT2D eigenvalue weighted by molar-refractivity contribution is -0.150. The molecule has 36 heavy (non-hydrogen) atoms. The number of nitrogen functional groups attached to an aromatic ring is 1. The fraction of sp³-hybridized carbons (Fsp3) is 0.190. The average Bonchev–Trinajstić information content (AvgIpc) is 3.30. The molecule has 2 aliphatic rings. The third-order valence-electron chi connectivity index (χ3n) is 4.73. The van der Waals surface area contributed by atoms with Crippen LogP contribution in [0.5, 0.6) is 0 Å². The molecule has 2 aliphatic heterocycles. The van der Waals surface area contributed by atoms with Gasteiger partial charge < -0.3 is 21.0 Å². The number of carbonyl (C=O) groups is 3. The standard InChI is InChI=1S/C21H19N7O5S3/c1-2-8-33-26-14(16-25-21(22)36-27-16)17(29)24-15-18(30)28-12(20(31)32)10-13(35-19(15)28)34-9-6-11-5-3-4-7-23-11/h2-7,9-10,13,15,19H,1,8H2,(H,24,29)(H,31,32)(H2,22,25,27)/b9-6+,26-14-/t13?,15?,19-/m1/s1. The monoisotopic (exact) mass is 545 g/mol. The molecule has 15 heteroatoms. The van der Waals surface area contributed by atoms with Crippen LogP contribution in [0.1, 0.15) is 11.5 Å². The SMILES string of the molecule is C=CCO/N=C(\C(=O)NC1C(=O)N2C(C(=O)O)=CC(S/C=C/c3ccccn3)S[C@H]12)c1nsc(N)n1. The quantitative estimate of drug-likeness (QED) is 0.130. The van der Waals surface area contributed by atoms with Crippen LogP contribution < -0.4 is 11.1 Å². The van der Waals surface area contributed by atoms with Crippen molar-refractivity contribution in [3.05, 3.63) is 65.8 Å². The molecule has 0 bridgehead atoms. The van der Waals surface area contributed by atoms with Gasteiger partial charge in [-0.25, -0.2) is 4.79 Å². The van der Waals surface area contributed by atoms with Gasteiger partial charge in [0.25, 0.3) is 11.8 Å². The van der Waals surface area contributed by atoms with Gasteiger partial charge in [-0.2, -0.15) is 9.36 Å². The number of nitrogens with two attached hydrogens (primary N) is 1. The summed E-state index contributed by atoms with van der Waals surface area (Å²) in [5.74, 6) is -2.61. The Kier molecular flexibility index (Phi) is 8.02. The van der Waals surface area contributed by atoms with Gasteiger partial charge in [0.05, 0.1) is 10.3 Å². The Morgan fingerprint density at radius 2 is 2.25 bits per heavy atom. The number of rotatable bonds is 10. The van der Waals surface area contributed by atoms with Gasteiger partial charge in [0.1, 0.15) is 23.7 Å². The number of fused-ring (bicyclic) bond motifs is 1. The number of carboxylic acid groups (broad SMARTS) is 1. The van der Waals surface area contributed by atoms with Crippen LogP contribution in [0, 0.1) is 0 Å². The van der Waals surface area contributed by atoms with E-state index in [2.05, 4.69) is 31.4 Å². The Morgan fingerprint density at radius 1 is 1.42 bits per heavy atom. The second kappa shape index (κ2) is 11.4. The number of carbonyl (C=O) groups excluding carboxylic acids is 2. The number of oxime groups is 1. The molecule has 4 N–H and O–H groups in total. The van der Waals surface area contributed by atoms with Crippen LogP contribution in [0.2, 0.25) is 0 Å². The minimum atomic E-state index is -1.24. The van der Waals surface area contributed by atoms with Crippen molar-refractivity contribution in [3.63, 3.8) is 0 Å².